The lowest BCUT2D eigenvalue weighted by atomic mass is 10.0. The van der Waals surface area contributed by atoms with E-state index in [0.717, 1.165) is 17.0 Å². The molecule has 246 valence electrons. The quantitative estimate of drug-likeness (QED) is 0.340. The van der Waals surface area contributed by atoms with Gasteiger partial charge < -0.3 is 29.7 Å². The third-order valence-corrected chi connectivity index (χ3v) is 8.40. The molecule has 2 N–H and O–H groups in total. The van der Waals surface area contributed by atoms with Crippen LogP contribution >= 0.6 is 0 Å². The third kappa shape index (κ3) is 6.98. The Morgan fingerprint density at radius 2 is 1.87 bits per heavy atom. The van der Waals surface area contributed by atoms with Crippen molar-refractivity contribution in [3.63, 3.8) is 0 Å². The van der Waals surface area contributed by atoms with Crippen LogP contribution in [0, 0.1) is 26.6 Å². The van der Waals surface area contributed by atoms with Crippen molar-refractivity contribution < 1.29 is 33.0 Å². The molecule has 13 heteroatoms. The number of aromatic nitrogens is 3. The molecule has 2 aromatic carbocycles. The first-order chi connectivity index (χ1) is 22.6. The van der Waals surface area contributed by atoms with Crippen LogP contribution in [0.15, 0.2) is 42.5 Å². The fourth-order valence-corrected chi connectivity index (χ4v) is 6.12. The second-order valence-corrected chi connectivity index (χ2v) is 12.0. The molecular formula is C34H37FN6O6. The largest absolute Gasteiger partial charge is 0.493 e. The average molecular weight is 645 g/mol. The Bertz CT molecular complexity index is 1860. The topological polar surface area (TPSA) is 136 Å². The SMILES string of the molecule is COc1ccc2cc1OCC(=O)N[C@@H]1CN(C(=O)c3c(C)nn4c(C)cc(C)nc34)CC[C@H]1Oc1cc(F)cc(c1)CNC(=O)CC2. The molecular weight excluding hydrogens is 607 g/mol. The summed E-state index contributed by atoms with van der Waals surface area (Å²) in [5.41, 5.74) is 4.40. The lowest BCUT2D eigenvalue weighted by molar-refractivity contribution is -0.125. The van der Waals surface area contributed by atoms with Gasteiger partial charge in [-0.25, -0.2) is 13.9 Å². The molecule has 0 spiro atoms. The number of methoxy groups -OCH3 is 1. The van der Waals surface area contributed by atoms with Gasteiger partial charge in [0.1, 0.15) is 23.2 Å². The number of benzene rings is 2. The Hall–Kier alpha value is -5.20. The molecule has 1 saturated heterocycles. The van der Waals surface area contributed by atoms with Crippen LogP contribution in [0.5, 0.6) is 17.2 Å². The number of nitrogens with zero attached hydrogens (tertiary/aromatic N) is 4. The van der Waals surface area contributed by atoms with E-state index in [0.29, 0.717) is 53.4 Å². The molecule has 0 saturated carbocycles. The van der Waals surface area contributed by atoms with E-state index in [9.17, 15) is 18.8 Å². The molecule has 6 rings (SSSR count). The van der Waals surface area contributed by atoms with Gasteiger partial charge in [0, 0.05) is 49.9 Å². The van der Waals surface area contributed by atoms with Crippen molar-refractivity contribution in [2.24, 2.45) is 0 Å². The summed E-state index contributed by atoms with van der Waals surface area (Å²) in [4.78, 5) is 46.2. The number of halogens is 1. The number of carbonyl (C=O) groups is 3. The second kappa shape index (κ2) is 13.3. The summed E-state index contributed by atoms with van der Waals surface area (Å²) in [7, 11) is 1.50. The Morgan fingerprint density at radius 3 is 2.68 bits per heavy atom. The molecule has 3 amide bonds. The molecule has 12 nitrogen and oxygen atoms in total. The molecule has 0 aliphatic carbocycles. The van der Waals surface area contributed by atoms with Crippen LogP contribution in [0.1, 0.15) is 51.4 Å². The first-order valence-corrected chi connectivity index (χ1v) is 15.5. The number of hydrogen-bond donors (Lipinski definition) is 2. The predicted octanol–water partition coefficient (Wildman–Crippen LogP) is 3.22. The normalized spacial score (nSPS) is 19.0. The number of nitrogens with one attached hydrogen (secondary N) is 2. The van der Waals surface area contributed by atoms with Crippen molar-refractivity contribution in [3.8, 4) is 17.2 Å². The summed E-state index contributed by atoms with van der Waals surface area (Å²) in [6.45, 7) is 5.76. The maximum atomic E-state index is 14.7. The van der Waals surface area contributed by atoms with Crippen LogP contribution < -0.4 is 24.8 Å². The minimum absolute atomic E-state index is 0.114. The van der Waals surface area contributed by atoms with Crippen molar-refractivity contribution in [2.45, 2.75) is 58.7 Å². The zero-order valence-electron chi connectivity index (χ0n) is 26.8. The van der Waals surface area contributed by atoms with E-state index in [4.69, 9.17) is 14.2 Å². The summed E-state index contributed by atoms with van der Waals surface area (Å²) in [5.74, 6) is -0.357. The van der Waals surface area contributed by atoms with Crippen molar-refractivity contribution in [1.82, 2.24) is 30.1 Å². The summed E-state index contributed by atoms with van der Waals surface area (Å²) in [5, 5.41) is 10.4. The number of rotatable bonds is 2. The average Bonchev–Trinajstić information content (AvgIpc) is 3.37. The second-order valence-electron chi connectivity index (χ2n) is 12.0. The lowest BCUT2D eigenvalue weighted by Gasteiger charge is -2.38. The number of amides is 3. The Labute approximate surface area is 271 Å². The Morgan fingerprint density at radius 1 is 1.04 bits per heavy atom. The highest BCUT2D eigenvalue weighted by atomic mass is 19.1. The highest BCUT2D eigenvalue weighted by Crippen LogP contribution is 2.29. The maximum absolute atomic E-state index is 14.7. The zero-order chi connectivity index (χ0) is 33.2. The summed E-state index contributed by atoms with van der Waals surface area (Å²) in [6, 6.07) is 10.8. The first kappa shape index (κ1) is 31.8. The van der Waals surface area contributed by atoms with E-state index in [-0.39, 0.29) is 43.7 Å². The van der Waals surface area contributed by atoms with Gasteiger partial charge in [0.05, 0.1) is 18.8 Å². The van der Waals surface area contributed by atoms with Crippen LogP contribution in [0.3, 0.4) is 0 Å². The number of likely N-dealkylation sites (tertiary alicyclic amines) is 1. The van der Waals surface area contributed by atoms with Gasteiger partial charge in [-0.2, -0.15) is 5.10 Å². The van der Waals surface area contributed by atoms with Crippen molar-refractivity contribution in [2.75, 3.05) is 26.8 Å². The summed E-state index contributed by atoms with van der Waals surface area (Å²) in [6.07, 6.45) is 0.370. The Kier molecular flexibility index (Phi) is 8.97. The Balaban J connectivity index is 1.30. The van der Waals surface area contributed by atoms with Gasteiger partial charge in [0.25, 0.3) is 11.8 Å². The smallest absolute Gasteiger partial charge is 0.259 e. The summed E-state index contributed by atoms with van der Waals surface area (Å²) < 4.78 is 33.9. The molecule has 2 aromatic heterocycles. The monoisotopic (exact) mass is 644 g/mol. The van der Waals surface area contributed by atoms with Crippen LogP contribution in [0.2, 0.25) is 0 Å². The molecule has 2 aliphatic heterocycles. The third-order valence-electron chi connectivity index (χ3n) is 8.40. The zero-order valence-corrected chi connectivity index (χ0v) is 26.8. The highest BCUT2D eigenvalue weighted by molar-refractivity contribution is 6.01. The van der Waals surface area contributed by atoms with Gasteiger partial charge in [-0.3, -0.25) is 14.4 Å². The van der Waals surface area contributed by atoms with Crippen LogP contribution in [-0.2, 0) is 22.6 Å². The van der Waals surface area contributed by atoms with Gasteiger partial charge in [-0.15, -0.1) is 0 Å². The lowest BCUT2D eigenvalue weighted by Crippen LogP contribution is -2.58. The van der Waals surface area contributed by atoms with Crippen LogP contribution in [0.25, 0.3) is 5.65 Å². The van der Waals surface area contributed by atoms with E-state index in [1.165, 1.54) is 19.2 Å². The van der Waals surface area contributed by atoms with Crippen LogP contribution in [-0.4, -0.2) is 76.2 Å². The van der Waals surface area contributed by atoms with Gasteiger partial charge in [0.2, 0.25) is 5.91 Å². The highest BCUT2D eigenvalue weighted by Gasteiger charge is 2.36. The number of carbonyl (C=O) groups excluding carboxylic acids is 3. The number of ether oxygens (including phenoxy) is 3. The standard InChI is InChI=1S/C34H37FN6O6/c1-19-11-20(2)41-33(37-19)32(21(3)39-41)34(44)40-10-9-27-26(17-40)38-31(43)18-46-29-14-22(5-7-28(29)45-4)6-8-30(42)36-16-23-12-24(35)15-25(13-23)47-27/h5,7,11-15,26-27H,6,8-10,16-18H2,1-4H3,(H,36,42)(H,38,43)/t26-,27-/m1/s1. The molecule has 1 fully saturated rings. The molecule has 0 radical (unpaired) electrons. The first-order valence-electron chi connectivity index (χ1n) is 15.5. The van der Waals surface area contributed by atoms with Crippen molar-refractivity contribution in [3.05, 3.63) is 82.1 Å². The minimum Gasteiger partial charge on any atom is -0.493 e. The summed E-state index contributed by atoms with van der Waals surface area (Å²) >= 11 is 0. The maximum Gasteiger partial charge on any atom is 0.259 e. The molecule has 0 unspecified atom stereocenters. The van der Waals surface area contributed by atoms with Gasteiger partial charge in [0.15, 0.2) is 23.8 Å². The molecule has 4 heterocycles. The fraction of sp³-hybridized carbons (Fsp3) is 0.382. The van der Waals surface area contributed by atoms with E-state index in [1.807, 2.05) is 26.0 Å². The van der Waals surface area contributed by atoms with E-state index in [1.54, 1.807) is 34.5 Å². The van der Waals surface area contributed by atoms with Crippen molar-refractivity contribution in [1.29, 1.82) is 0 Å². The number of fused-ring (bicyclic) bond motifs is 6. The van der Waals surface area contributed by atoms with Crippen LogP contribution in [0.4, 0.5) is 4.39 Å². The number of piperidine rings is 1. The fourth-order valence-electron chi connectivity index (χ4n) is 6.12. The van der Waals surface area contributed by atoms with E-state index < -0.39 is 23.9 Å². The molecule has 4 aromatic rings. The molecule has 47 heavy (non-hydrogen) atoms. The van der Waals surface area contributed by atoms with Gasteiger partial charge in [-0.05, 0) is 68.7 Å². The number of aryl methyl sites for hydroxylation is 4. The van der Waals surface area contributed by atoms with Gasteiger partial charge >= 0.3 is 0 Å². The number of hydrogen-bond acceptors (Lipinski definition) is 8. The molecule has 4 bridgehead atoms. The van der Waals surface area contributed by atoms with Gasteiger partial charge in [-0.1, -0.05) is 6.07 Å². The predicted molar refractivity (Wildman–Crippen MR) is 169 cm³/mol. The van der Waals surface area contributed by atoms with E-state index in [2.05, 4.69) is 20.7 Å². The molecule has 2 aliphatic rings. The molecule has 2 atom stereocenters. The minimum atomic E-state index is -0.666. The van der Waals surface area contributed by atoms with Crippen molar-refractivity contribution >= 4 is 23.4 Å². The van der Waals surface area contributed by atoms with E-state index >= 15 is 0 Å².